The van der Waals surface area contributed by atoms with Crippen LogP contribution in [-0.4, -0.2) is 43.7 Å². The number of benzene rings is 1. The zero-order valence-electron chi connectivity index (χ0n) is 15.7. The number of nitrogens with one attached hydrogen (secondary N) is 2. The molecular formula is C20H23N3O5S. The highest BCUT2D eigenvalue weighted by atomic mass is 32.2. The van der Waals surface area contributed by atoms with E-state index in [1.165, 1.54) is 12.1 Å². The highest BCUT2D eigenvalue weighted by Crippen LogP contribution is 2.18. The smallest absolute Gasteiger partial charge is 0.305 e. The van der Waals surface area contributed by atoms with Gasteiger partial charge in [0.1, 0.15) is 11.6 Å². The van der Waals surface area contributed by atoms with Gasteiger partial charge in [0.2, 0.25) is 10.0 Å². The highest BCUT2D eigenvalue weighted by molar-refractivity contribution is 7.89. The summed E-state index contributed by atoms with van der Waals surface area (Å²) in [7, 11) is -3.96. The van der Waals surface area contributed by atoms with Gasteiger partial charge in [0.05, 0.1) is 24.0 Å². The first-order valence-electron chi connectivity index (χ1n) is 8.99. The van der Waals surface area contributed by atoms with Crippen molar-refractivity contribution < 1.29 is 23.1 Å². The van der Waals surface area contributed by atoms with E-state index in [0.29, 0.717) is 12.4 Å². The van der Waals surface area contributed by atoms with Gasteiger partial charge in [0.15, 0.2) is 0 Å². The third kappa shape index (κ3) is 7.81. The van der Waals surface area contributed by atoms with E-state index in [0.717, 1.165) is 25.2 Å². The molecule has 3 N–H and O–H groups in total. The minimum atomic E-state index is -3.96. The zero-order valence-corrected chi connectivity index (χ0v) is 16.6. The Kier molecular flexibility index (Phi) is 8.45. The molecule has 1 unspecified atom stereocenters. The lowest BCUT2D eigenvalue weighted by molar-refractivity contribution is -0.137. The Morgan fingerprint density at radius 1 is 1.24 bits per heavy atom. The number of unbranched alkanes of at least 4 members (excludes halogenated alkanes) is 1. The van der Waals surface area contributed by atoms with Crippen molar-refractivity contribution in [2.45, 2.75) is 30.2 Å². The Morgan fingerprint density at radius 2 is 2.07 bits per heavy atom. The molecule has 29 heavy (non-hydrogen) atoms. The minimum Gasteiger partial charge on any atom is -0.494 e. The third-order valence-electron chi connectivity index (χ3n) is 3.80. The minimum absolute atomic E-state index is 0.0440. The zero-order chi connectivity index (χ0) is 21.1. The Labute approximate surface area is 170 Å². The topological polar surface area (TPSA) is 118 Å². The maximum absolute atomic E-state index is 12.4. The number of anilines is 1. The second-order valence-corrected chi connectivity index (χ2v) is 7.82. The van der Waals surface area contributed by atoms with Gasteiger partial charge < -0.3 is 15.2 Å². The monoisotopic (exact) mass is 417 g/mol. The summed E-state index contributed by atoms with van der Waals surface area (Å²) in [5.41, 5.74) is 0. The van der Waals surface area contributed by atoms with E-state index in [-0.39, 0.29) is 4.90 Å². The van der Waals surface area contributed by atoms with Crippen molar-refractivity contribution in [2.24, 2.45) is 0 Å². The van der Waals surface area contributed by atoms with Crippen molar-refractivity contribution in [3.63, 3.8) is 0 Å². The van der Waals surface area contributed by atoms with Gasteiger partial charge in [-0.1, -0.05) is 18.1 Å². The summed E-state index contributed by atoms with van der Waals surface area (Å²) < 4.78 is 32.7. The number of ether oxygens (including phenoxy) is 1. The second kappa shape index (κ2) is 11.0. The molecule has 154 valence electrons. The molecule has 0 spiro atoms. The molecule has 2 rings (SSSR count). The number of aromatic nitrogens is 1. The fourth-order valence-corrected chi connectivity index (χ4v) is 3.59. The predicted octanol–water partition coefficient (Wildman–Crippen LogP) is 2.11. The van der Waals surface area contributed by atoms with E-state index in [1.54, 1.807) is 18.3 Å². The number of nitrogens with zero attached hydrogens (tertiary/aromatic N) is 1. The number of pyridine rings is 1. The summed E-state index contributed by atoms with van der Waals surface area (Å²) in [5, 5.41) is 12.0. The van der Waals surface area contributed by atoms with Crippen LogP contribution in [0, 0.1) is 12.3 Å². The van der Waals surface area contributed by atoms with Gasteiger partial charge in [-0.15, -0.1) is 6.42 Å². The molecule has 0 aliphatic heterocycles. The quantitative estimate of drug-likeness (QED) is 0.358. The van der Waals surface area contributed by atoms with E-state index in [2.05, 4.69) is 20.9 Å². The molecule has 1 aromatic carbocycles. The lowest BCUT2D eigenvalue weighted by Crippen LogP contribution is -2.35. The van der Waals surface area contributed by atoms with Gasteiger partial charge in [-0.2, -0.15) is 4.72 Å². The summed E-state index contributed by atoms with van der Waals surface area (Å²) in [4.78, 5) is 14.9. The fourth-order valence-electron chi connectivity index (χ4n) is 2.40. The number of aliphatic carboxylic acids is 1. The SMILES string of the molecule is C#CC(CC(=O)O)NS(=O)(=O)c1cccc(OCCCCNc2ccccn2)c1. The standard InChI is InChI=1S/C20H23N3O5S/c1-2-16(14-20(24)25)23-29(26,27)18-9-7-8-17(15-18)28-13-6-5-12-22-19-10-3-4-11-21-19/h1,3-4,7-11,15-16,23H,5-6,12-14H2,(H,21,22)(H,24,25). The number of hydrogen-bond donors (Lipinski definition) is 3. The van der Waals surface area contributed by atoms with E-state index >= 15 is 0 Å². The van der Waals surface area contributed by atoms with Gasteiger partial charge in [0.25, 0.3) is 0 Å². The molecule has 0 fully saturated rings. The van der Waals surface area contributed by atoms with Gasteiger partial charge >= 0.3 is 5.97 Å². The fraction of sp³-hybridized carbons (Fsp3) is 0.300. The molecule has 1 atom stereocenters. The van der Waals surface area contributed by atoms with Crippen molar-refractivity contribution in [3.8, 4) is 18.1 Å². The second-order valence-electron chi connectivity index (χ2n) is 6.11. The molecule has 0 radical (unpaired) electrons. The van der Waals surface area contributed by atoms with Gasteiger partial charge in [-0.3, -0.25) is 4.79 Å². The molecule has 8 nitrogen and oxygen atoms in total. The first-order chi connectivity index (χ1) is 13.9. The highest BCUT2D eigenvalue weighted by Gasteiger charge is 2.21. The Hall–Kier alpha value is -3.09. The number of carboxylic acid groups (broad SMARTS) is 1. The summed E-state index contributed by atoms with van der Waals surface area (Å²) in [6.45, 7) is 1.17. The lowest BCUT2D eigenvalue weighted by Gasteiger charge is -2.13. The number of carbonyl (C=O) groups is 1. The van der Waals surface area contributed by atoms with Crippen LogP contribution < -0.4 is 14.8 Å². The van der Waals surface area contributed by atoms with Crippen LogP contribution in [0.4, 0.5) is 5.82 Å². The maximum Gasteiger partial charge on any atom is 0.305 e. The molecule has 1 aromatic heterocycles. The summed E-state index contributed by atoms with van der Waals surface area (Å²) in [6.07, 6.45) is 8.05. The van der Waals surface area contributed by atoms with Crippen LogP contribution >= 0.6 is 0 Å². The number of carboxylic acids is 1. The predicted molar refractivity (Wildman–Crippen MR) is 109 cm³/mol. The van der Waals surface area contributed by atoms with Crippen LogP contribution in [0.15, 0.2) is 53.6 Å². The van der Waals surface area contributed by atoms with E-state index in [9.17, 15) is 13.2 Å². The molecule has 0 amide bonds. The number of sulfonamides is 1. The van der Waals surface area contributed by atoms with Crippen molar-refractivity contribution >= 4 is 21.8 Å². The van der Waals surface area contributed by atoms with Crippen molar-refractivity contribution in [1.29, 1.82) is 0 Å². The van der Waals surface area contributed by atoms with Crippen LogP contribution in [0.2, 0.25) is 0 Å². The maximum atomic E-state index is 12.4. The average molecular weight is 417 g/mol. The number of rotatable bonds is 12. The molecule has 0 saturated heterocycles. The average Bonchev–Trinajstić information content (AvgIpc) is 2.70. The van der Waals surface area contributed by atoms with Gasteiger partial charge in [-0.05, 0) is 37.1 Å². The Bertz CT molecular complexity index is 942. The van der Waals surface area contributed by atoms with Crippen LogP contribution in [0.1, 0.15) is 19.3 Å². The molecule has 0 saturated carbocycles. The van der Waals surface area contributed by atoms with Crippen LogP contribution in [-0.2, 0) is 14.8 Å². The van der Waals surface area contributed by atoms with Crippen molar-refractivity contribution in [1.82, 2.24) is 9.71 Å². The Balaban J connectivity index is 1.82. The van der Waals surface area contributed by atoms with E-state index in [1.807, 2.05) is 18.2 Å². The van der Waals surface area contributed by atoms with E-state index in [4.69, 9.17) is 16.3 Å². The molecule has 2 aromatic rings. The first-order valence-corrected chi connectivity index (χ1v) is 10.5. The number of terminal acetylenes is 1. The van der Waals surface area contributed by atoms with Crippen molar-refractivity contribution in [3.05, 3.63) is 48.7 Å². The third-order valence-corrected chi connectivity index (χ3v) is 5.27. The van der Waals surface area contributed by atoms with Gasteiger partial charge in [-0.25, -0.2) is 13.4 Å². The largest absolute Gasteiger partial charge is 0.494 e. The van der Waals surface area contributed by atoms with Crippen LogP contribution in [0.3, 0.4) is 0 Å². The normalized spacial score (nSPS) is 12.0. The summed E-state index contributed by atoms with van der Waals surface area (Å²) in [5.74, 6) is 2.15. The summed E-state index contributed by atoms with van der Waals surface area (Å²) in [6, 6.07) is 10.5. The van der Waals surface area contributed by atoms with E-state index < -0.39 is 28.5 Å². The lowest BCUT2D eigenvalue weighted by atomic mass is 10.2. The molecular weight excluding hydrogens is 394 g/mol. The number of hydrogen-bond acceptors (Lipinski definition) is 6. The molecule has 0 bridgehead atoms. The molecule has 0 aliphatic carbocycles. The summed E-state index contributed by atoms with van der Waals surface area (Å²) >= 11 is 0. The van der Waals surface area contributed by atoms with Crippen LogP contribution in [0.25, 0.3) is 0 Å². The van der Waals surface area contributed by atoms with Crippen molar-refractivity contribution in [2.75, 3.05) is 18.5 Å². The first kappa shape index (κ1) is 22.2. The van der Waals surface area contributed by atoms with Crippen LogP contribution in [0.5, 0.6) is 5.75 Å². The Morgan fingerprint density at radius 3 is 2.76 bits per heavy atom. The molecule has 9 heteroatoms. The molecule has 0 aliphatic rings. The van der Waals surface area contributed by atoms with Gasteiger partial charge in [0, 0.05) is 18.8 Å². The molecule has 1 heterocycles.